The molecule has 0 aliphatic rings. The molecule has 0 bridgehead atoms. The summed E-state index contributed by atoms with van der Waals surface area (Å²) in [7, 11) is 0. The first-order valence-corrected chi connectivity index (χ1v) is 7.70. The first kappa shape index (κ1) is 13.1. The van der Waals surface area contributed by atoms with Gasteiger partial charge in [0.05, 0.1) is 0 Å². The van der Waals surface area contributed by atoms with Gasteiger partial charge < -0.3 is 0 Å². The number of halogens is 1. The monoisotopic (exact) mass is 286 g/mol. The Labute approximate surface area is 106 Å². The predicted octanol–water partition coefficient (Wildman–Crippen LogP) is 4.55. The van der Waals surface area contributed by atoms with E-state index in [1.54, 1.807) is 0 Å². The van der Waals surface area contributed by atoms with Crippen LogP contribution in [0.4, 0.5) is 0 Å². The predicted molar refractivity (Wildman–Crippen MR) is 75.1 cm³/mol. The van der Waals surface area contributed by atoms with E-state index in [2.05, 4.69) is 71.9 Å². The Morgan fingerprint density at radius 3 is 2.33 bits per heavy atom. The molecular weight excluding hydrogens is 268 g/mol. The maximum atomic E-state index is 3.61. The smallest absolute Gasteiger partial charge is 0.0108 e. The zero-order valence-corrected chi connectivity index (χ0v) is 11.9. The largest absolute Gasteiger partial charge is 0.161 e. The van der Waals surface area contributed by atoms with Crippen molar-refractivity contribution in [3.63, 3.8) is 0 Å². The Kier molecular flexibility index (Phi) is 6.42. The van der Waals surface area contributed by atoms with Gasteiger partial charge in [-0.25, -0.2) is 0 Å². The third-order valence-electron chi connectivity index (χ3n) is 2.23. The molecule has 15 heavy (non-hydrogen) atoms. The fraction of sp³-hybridized carbons (Fsp3) is 0.538. The molecule has 0 aliphatic carbocycles. The topological polar surface area (TPSA) is 0 Å². The zero-order valence-electron chi connectivity index (χ0n) is 9.45. The molecule has 2 heteroatoms. The van der Waals surface area contributed by atoms with Gasteiger partial charge in [0.2, 0.25) is 0 Å². The Morgan fingerprint density at radius 2 is 1.80 bits per heavy atom. The van der Waals surface area contributed by atoms with Crippen molar-refractivity contribution < 1.29 is 0 Å². The molecule has 84 valence electrons. The van der Waals surface area contributed by atoms with Crippen molar-refractivity contribution in [3.05, 3.63) is 35.9 Å². The summed E-state index contributed by atoms with van der Waals surface area (Å²) in [5.41, 5.74) is 1.45. The summed E-state index contributed by atoms with van der Waals surface area (Å²) in [5.74, 6) is 3.92. The molecule has 0 aliphatic heterocycles. The maximum absolute atomic E-state index is 3.61. The summed E-state index contributed by atoms with van der Waals surface area (Å²) in [6.07, 6.45) is 0. The van der Waals surface area contributed by atoms with Crippen molar-refractivity contribution in [1.82, 2.24) is 0 Å². The Morgan fingerprint density at radius 1 is 1.13 bits per heavy atom. The fourth-order valence-electron chi connectivity index (χ4n) is 1.40. The highest BCUT2D eigenvalue weighted by atomic mass is 79.9. The fourth-order valence-corrected chi connectivity index (χ4v) is 3.51. The molecule has 0 aromatic heterocycles. The molecule has 1 unspecified atom stereocenters. The van der Waals surface area contributed by atoms with Crippen LogP contribution in [0.1, 0.15) is 25.3 Å². The van der Waals surface area contributed by atoms with Crippen LogP contribution in [-0.2, 0) is 0 Å². The Bertz CT molecular complexity index is 258. The van der Waals surface area contributed by atoms with Crippen molar-refractivity contribution in [1.29, 1.82) is 0 Å². The summed E-state index contributed by atoms with van der Waals surface area (Å²) >= 11 is 5.67. The normalized spacial score (nSPS) is 13.1. The average Bonchev–Trinajstić information content (AvgIpc) is 2.25. The second kappa shape index (κ2) is 7.34. The van der Waals surface area contributed by atoms with Crippen LogP contribution in [0.3, 0.4) is 0 Å². The highest BCUT2D eigenvalue weighted by molar-refractivity contribution is 9.09. The molecular formula is C13H19BrS. The molecule has 0 heterocycles. The molecule has 0 radical (unpaired) electrons. The molecule has 0 saturated carbocycles. The van der Waals surface area contributed by atoms with Gasteiger partial charge in [0, 0.05) is 17.0 Å². The lowest BCUT2D eigenvalue weighted by Gasteiger charge is -2.14. The van der Waals surface area contributed by atoms with Gasteiger partial charge in [-0.3, -0.25) is 0 Å². The van der Waals surface area contributed by atoms with Crippen molar-refractivity contribution in [2.75, 3.05) is 16.8 Å². The maximum Gasteiger partial charge on any atom is 0.0108 e. The summed E-state index contributed by atoms with van der Waals surface area (Å²) < 4.78 is 0. The van der Waals surface area contributed by atoms with Crippen LogP contribution in [-0.4, -0.2) is 16.8 Å². The zero-order chi connectivity index (χ0) is 11.1. The van der Waals surface area contributed by atoms with Crippen LogP contribution >= 0.6 is 27.7 Å². The second-order valence-electron chi connectivity index (χ2n) is 4.19. The third-order valence-corrected chi connectivity index (χ3v) is 4.55. The number of hydrogen-bond donors (Lipinski definition) is 0. The van der Waals surface area contributed by atoms with Gasteiger partial charge in [-0.1, -0.05) is 60.1 Å². The van der Waals surface area contributed by atoms with Gasteiger partial charge in [0.1, 0.15) is 0 Å². The van der Waals surface area contributed by atoms with Crippen LogP contribution in [0.5, 0.6) is 0 Å². The van der Waals surface area contributed by atoms with E-state index in [4.69, 9.17) is 0 Å². The minimum absolute atomic E-state index is 0.648. The van der Waals surface area contributed by atoms with Crippen LogP contribution in [0.25, 0.3) is 0 Å². The van der Waals surface area contributed by atoms with E-state index in [1.165, 1.54) is 17.1 Å². The first-order chi connectivity index (χ1) is 7.24. The highest BCUT2D eigenvalue weighted by Gasteiger charge is 2.09. The number of rotatable bonds is 6. The van der Waals surface area contributed by atoms with Crippen LogP contribution in [0, 0.1) is 5.92 Å². The molecule has 0 fully saturated rings. The highest BCUT2D eigenvalue weighted by Crippen LogP contribution is 2.23. The summed E-state index contributed by atoms with van der Waals surface area (Å²) in [6, 6.07) is 10.8. The molecule has 0 N–H and O–H groups in total. The van der Waals surface area contributed by atoms with Crippen molar-refractivity contribution in [3.8, 4) is 0 Å². The lowest BCUT2D eigenvalue weighted by molar-refractivity contribution is 0.748. The van der Waals surface area contributed by atoms with Crippen molar-refractivity contribution >= 4 is 27.7 Å². The summed E-state index contributed by atoms with van der Waals surface area (Å²) in [4.78, 5) is 0. The lowest BCUT2D eigenvalue weighted by Crippen LogP contribution is -2.05. The Hall–Kier alpha value is 0.0500. The molecule has 1 aromatic carbocycles. The van der Waals surface area contributed by atoms with E-state index < -0.39 is 0 Å². The van der Waals surface area contributed by atoms with E-state index in [1.807, 2.05) is 0 Å². The van der Waals surface area contributed by atoms with Gasteiger partial charge in [-0.05, 0) is 17.2 Å². The van der Waals surface area contributed by atoms with E-state index in [0.29, 0.717) is 5.92 Å². The van der Waals surface area contributed by atoms with Gasteiger partial charge in [0.25, 0.3) is 0 Å². The van der Waals surface area contributed by atoms with E-state index in [-0.39, 0.29) is 0 Å². The van der Waals surface area contributed by atoms with Crippen LogP contribution in [0.15, 0.2) is 30.3 Å². The van der Waals surface area contributed by atoms with Crippen molar-refractivity contribution in [2.45, 2.75) is 19.8 Å². The average molecular weight is 287 g/mol. The van der Waals surface area contributed by atoms with E-state index in [9.17, 15) is 0 Å². The minimum Gasteiger partial charge on any atom is -0.161 e. The number of hydrogen-bond acceptors (Lipinski definition) is 1. The number of thioether (sulfide) groups is 1. The minimum atomic E-state index is 0.648. The van der Waals surface area contributed by atoms with Crippen LogP contribution < -0.4 is 0 Å². The quantitative estimate of drug-likeness (QED) is 0.691. The third kappa shape index (κ3) is 5.07. The van der Waals surface area contributed by atoms with Gasteiger partial charge in [0.15, 0.2) is 0 Å². The molecule has 1 aromatic rings. The molecule has 0 saturated heterocycles. The molecule has 1 rings (SSSR count). The number of alkyl halides is 1. The Balaban J connectivity index is 2.43. The van der Waals surface area contributed by atoms with Crippen molar-refractivity contribution in [2.24, 2.45) is 5.92 Å². The summed E-state index contributed by atoms with van der Waals surface area (Å²) in [6.45, 7) is 4.55. The standard InChI is InChI=1S/C13H19BrS/c1-11(2)9-15-10-13(8-14)12-6-4-3-5-7-12/h3-7,11,13H,8-10H2,1-2H3. The second-order valence-corrected chi connectivity index (χ2v) is 5.92. The van der Waals surface area contributed by atoms with Gasteiger partial charge in [-0.15, -0.1) is 0 Å². The van der Waals surface area contributed by atoms with Gasteiger partial charge in [-0.2, -0.15) is 11.8 Å². The van der Waals surface area contributed by atoms with Gasteiger partial charge >= 0.3 is 0 Å². The lowest BCUT2D eigenvalue weighted by atomic mass is 10.0. The molecule has 1 atom stereocenters. The van der Waals surface area contributed by atoms with Crippen LogP contribution in [0.2, 0.25) is 0 Å². The molecule has 0 nitrogen and oxygen atoms in total. The summed E-state index contributed by atoms with van der Waals surface area (Å²) in [5, 5.41) is 1.06. The molecule has 0 amide bonds. The van der Waals surface area contributed by atoms with E-state index >= 15 is 0 Å². The first-order valence-electron chi connectivity index (χ1n) is 5.42. The molecule has 0 spiro atoms. The number of benzene rings is 1. The van der Waals surface area contributed by atoms with E-state index in [0.717, 1.165) is 11.2 Å². The SMILES string of the molecule is CC(C)CSCC(CBr)c1ccccc1.